The molecule has 1 aromatic carbocycles. The number of thioether (sulfide) groups is 3. The van der Waals surface area contributed by atoms with Crippen LogP contribution in [0.2, 0.25) is 0 Å². The van der Waals surface area contributed by atoms with Crippen LogP contribution in [0.1, 0.15) is 51.3 Å². The number of aryl methyl sites for hydroxylation is 2. The van der Waals surface area contributed by atoms with Gasteiger partial charge in [-0.2, -0.15) is 0 Å². The summed E-state index contributed by atoms with van der Waals surface area (Å²) in [5.41, 5.74) is 4.16. The van der Waals surface area contributed by atoms with Crippen LogP contribution in [-0.2, 0) is 23.9 Å². The number of fused-ring (bicyclic) bond motifs is 3. The van der Waals surface area contributed by atoms with Crippen molar-refractivity contribution in [3.63, 3.8) is 0 Å². The van der Waals surface area contributed by atoms with Gasteiger partial charge in [0.15, 0.2) is 0 Å². The summed E-state index contributed by atoms with van der Waals surface area (Å²) in [5, 5.41) is 1.81. The first-order valence-electron chi connectivity index (χ1n) is 11.5. The van der Waals surface area contributed by atoms with Crippen molar-refractivity contribution in [2.24, 2.45) is 0 Å². The van der Waals surface area contributed by atoms with E-state index >= 15 is 0 Å². The van der Waals surface area contributed by atoms with Crippen LogP contribution in [0.15, 0.2) is 38.3 Å². The summed E-state index contributed by atoms with van der Waals surface area (Å²) < 4.78 is 9.87. The molecule has 4 rings (SSSR count). The quantitative estimate of drug-likeness (QED) is 0.443. The van der Waals surface area contributed by atoms with Crippen molar-refractivity contribution in [2.45, 2.75) is 58.1 Å². The van der Waals surface area contributed by atoms with Gasteiger partial charge in [0, 0.05) is 23.0 Å². The van der Waals surface area contributed by atoms with Crippen molar-refractivity contribution >= 4 is 64.4 Å². The van der Waals surface area contributed by atoms with E-state index in [4.69, 9.17) is 9.47 Å². The highest BCUT2D eigenvalue weighted by Crippen LogP contribution is 2.67. The van der Waals surface area contributed by atoms with Gasteiger partial charge in [0.05, 0.1) is 29.3 Å². The Morgan fingerprint density at radius 2 is 1.63 bits per heavy atom. The van der Waals surface area contributed by atoms with Gasteiger partial charge in [-0.05, 0) is 64.7 Å². The second-order valence-corrected chi connectivity index (χ2v) is 12.7. The largest absolute Gasteiger partial charge is 0.462 e. The zero-order chi connectivity index (χ0) is 25.7. The summed E-state index contributed by atoms with van der Waals surface area (Å²) in [4.78, 5) is 42.3. The highest BCUT2D eigenvalue weighted by molar-refractivity contribution is 8.25. The summed E-state index contributed by atoms with van der Waals surface area (Å²) in [5.74, 6) is -0.867. The molecule has 1 spiro atoms. The summed E-state index contributed by atoms with van der Waals surface area (Å²) >= 11 is 4.22. The van der Waals surface area contributed by atoms with Crippen molar-refractivity contribution in [1.82, 2.24) is 0 Å². The Morgan fingerprint density at radius 1 is 1.00 bits per heavy atom. The lowest BCUT2D eigenvalue weighted by Crippen LogP contribution is -2.52. The molecule has 3 aliphatic heterocycles. The Morgan fingerprint density at radius 3 is 2.23 bits per heavy atom. The third kappa shape index (κ3) is 4.25. The summed E-state index contributed by atoms with van der Waals surface area (Å²) in [6, 6.07) is 4.17. The molecule has 1 aromatic rings. The second kappa shape index (κ2) is 9.41. The summed E-state index contributed by atoms with van der Waals surface area (Å²) in [6.45, 7) is 13.7. The smallest absolute Gasteiger partial charge is 0.345 e. The van der Waals surface area contributed by atoms with E-state index in [0.29, 0.717) is 9.81 Å². The number of carbonyl (C=O) groups excluding carboxylic acids is 3. The molecule has 3 heterocycles. The molecule has 1 amide bonds. The SMILES string of the molecule is CCOC(=O)C1=C[C@]2(SC=C(C(=O)OCC)S2)C2=C(S1)C(C)(C)N(C(C)=O)c1c(C)cc(C)cc12. The van der Waals surface area contributed by atoms with Gasteiger partial charge in [0.1, 0.15) is 8.98 Å². The first-order chi connectivity index (χ1) is 16.5. The van der Waals surface area contributed by atoms with Gasteiger partial charge in [0.25, 0.3) is 0 Å². The number of amides is 1. The fraction of sp³-hybridized carbons (Fsp3) is 0.423. The van der Waals surface area contributed by atoms with Crippen LogP contribution in [-0.4, -0.2) is 40.7 Å². The van der Waals surface area contributed by atoms with E-state index < -0.39 is 15.6 Å². The van der Waals surface area contributed by atoms with E-state index in [1.807, 2.05) is 44.1 Å². The van der Waals surface area contributed by atoms with Crippen LogP contribution in [0.5, 0.6) is 0 Å². The molecule has 0 aromatic heterocycles. The van der Waals surface area contributed by atoms with Crippen LogP contribution in [0, 0.1) is 13.8 Å². The van der Waals surface area contributed by atoms with Crippen LogP contribution in [0.3, 0.4) is 0 Å². The van der Waals surface area contributed by atoms with Gasteiger partial charge in [-0.3, -0.25) is 4.79 Å². The zero-order valence-electron chi connectivity index (χ0n) is 20.9. The Balaban J connectivity index is 1.99. The zero-order valence-corrected chi connectivity index (χ0v) is 23.4. The van der Waals surface area contributed by atoms with Gasteiger partial charge in [-0.25, -0.2) is 9.59 Å². The molecular formula is C26H29NO5S3. The fourth-order valence-corrected chi connectivity index (χ4v) is 9.22. The van der Waals surface area contributed by atoms with Crippen LogP contribution < -0.4 is 4.90 Å². The van der Waals surface area contributed by atoms with Crippen molar-refractivity contribution in [3.8, 4) is 0 Å². The van der Waals surface area contributed by atoms with Crippen molar-refractivity contribution in [3.05, 3.63) is 55.0 Å². The van der Waals surface area contributed by atoms with Gasteiger partial charge < -0.3 is 14.4 Å². The van der Waals surface area contributed by atoms with Gasteiger partial charge in [-0.1, -0.05) is 35.2 Å². The second-order valence-electron chi connectivity index (χ2n) is 9.02. The molecule has 186 valence electrons. The highest BCUT2D eigenvalue weighted by atomic mass is 32.2. The number of carbonyl (C=O) groups is 3. The van der Waals surface area contributed by atoms with Crippen LogP contribution >= 0.6 is 35.3 Å². The lowest BCUT2D eigenvalue weighted by molar-refractivity contribution is -0.138. The molecule has 6 nitrogen and oxygen atoms in total. The minimum absolute atomic E-state index is 0.0753. The van der Waals surface area contributed by atoms with Gasteiger partial charge >= 0.3 is 11.9 Å². The number of hydrogen-bond acceptors (Lipinski definition) is 8. The minimum atomic E-state index is -0.778. The van der Waals surface area contributed by atoms with Crippen LogP contribution in [0.25, 0.3) is 5.57 Å². The molecule has 35 heavy (non-hydrogen) atoms. The standard InChI is InChI=1S/C26H29NO5S3/c1-8-31-23(29)18-12-26(33-13-19(35-26)24(30)32-9-2)20-17-11-14(3)10-15(4)21(17)27(16(5)28)25(6,7)22(20)34-18/h10-13H,8-9H2,1-7H3/t26-/m1/s1. The maximum Gasteiger partial charge on any atom is 0.345 e. The molecule has 0 bridgehead atoms. The average molecular weight is 532 g/mol. The monoisotopic (exact) mass is 531 g/mol. The van der Waals surface area contributed by atoms with E-state index in [-0.39, 0.29) is 25.1 Å². The summed E-state index contributed by atoms with van der Waals surface area (Å²) in [6.07, 6.45) is 1.91. The normalized spacial score (nSPS) is 22.3. The molecule has 0 saturated carbocycles. The Bertz CT molecular complexity index is 1230. The first-order valence-corrected chi connectivity index (χ1v) is 14.0. The number of nitrogens with zero attached hydrogens (tertiary/aromatic N) is 1. The minimum Gasteiger partial charge on any atom is -0.462 e. The predicted octanol–water partition coefficient (Wildman–Crippen LogP) is 5.93. The molecule has 3 aliphatic rings. The van der Waals surface area contributed by atoms with Gasteiger partial charge in [0.2, 0.25) is 5.91 Å². The molecule has 0 saturated heterocycles. The maximum absolute atomic E-state index is 13.0. The topological polar surface area (TPSA) is 72.9 Å². The number of rotatable bonds is 4. The number of benzene rings is 1. The Hall–Kier alpha value is -2.10. The Labute approximate surface area is 218 Å². The van der Waals surface area contributed by atoms with Crippen LogP contribution in [0.4, 0.5) is 5.69 Å². The average Bonchev–Trinajstić information content (AvgIpc) is 3.18. The molecular weight excluding hydrogens is 502 g/mol. The fourth-order valence-electron chi connectivity index (χ4n) is 4.83. The molecule has 0 aliphatic carbocycles. The first kappa shape index (κ1) is 26.0. The predicted molar refractivity (Wildman–Crippen MR) is 145 cm³/mol. The molecule has 1 atom stereocenters. The van der Waals surface area contributed by atoms with Gasteiger partial charge in [-0.15, -0.1) is 11.8 Å². The van der Waals surface area contributed by atoms with E-state index in [1.165, 1.54) is 35.3 Å². The highest BCUT2D eigenvalue weighted by Gasteiger charge is 2.54. The number of esters is 2. The molecule has 9 heteroatoms. The van der Waals surface area contributed by atoms with Crippen molar-refractivity contribution in [2.75, 3.05) is 18.1 Å². The lowest BCUT2D eigenvalue weighted by atomic mass is 9.83. The third-order valence-electron chi connectivity index (χ3n) is 6.03. The van der Waals surface area contributed by atoms with Crippen molar-refractivity contribution < 1.29 is 23.9 Å². The molecule has 0 fully saturated rings. The van der Waals surface area contributed by atoms with E-state index in [1.54, 1.807) is 20.8 Å². The molecule has 0 radical (unpaired) electrons. The van der Waals surface area contributed by atoms with E-state index in [2.05, 4.69) is 12.1 Å². The molecule has 0 N–H and O–H groups in total. The number of ether oxygens (including phenoxy) is 2. The maximum atomic E-state index is 13.0. The lowest BCUT2D eigenvalue weighted by Gasteiger charge is -2.50. The number of anilines is 1. The third-order valence-corrected chi connectivity index (χ3v) is 10.3. The van der Waals surface area contributed by atoms with E-state index in [0.717, 1.165) is 32.9 Å². The molecule has 0 unspecified atom stereocenters. The summed E-state index contributed by atoms with van der Waals surface area (Å²) in [7, 11) is 0. The van der Waals surface area contributed by atoms with E-state index in [9.17, 15) is 14.4 Å². The number of hydrogen-bond donors (Lipinski definition) is 0. The van der Waals surface area contributed by atoms with Crippen molar-refractivity contribution in [1.29, 1.82) is 0 Å². The Kier molecular flexibility index (Phi) is 6.98.